The smallest absolute Gasteiger partial charge is 0.290 e. The molecule has 1 aromatic carbocycles. The summed E-state index contributed by atoms with van der Waals surface area (Å²) in [6, 6.07) is 7.80. The van der Waals surface area contributed by atoms with E-state index in [1.54, 1.807) is 0 Å². The van der Waals surface area contributed by atoms with Crippen LogP contribution in [0.2, 0.25) is 5.02 Å². The first-order chi connectivity index (χ1) is 8.26. The number of ether oxygens (including phenoxy) is 1. The van der Waals surface area contributed by atoms with E-state index in [4.69, 9.17) is 26.2 Å². The third kappa shape index (κ3) is 5.68. The van der Waals surface area contributed by atoms with Crippen molar-refractivity contribution < 1.29 is 14.6 Å². The van der Waals surface area contributed by atoms with E-state index in [0.717, 1.165) is 24.5 Å². The molecule has 1 aliphatic rings. The number of benzene rings is 1. The average molecular weight is 258 g/mol. The molecule has 1 atom stereocenters. The van der Waals surface area contributed by atoms with Crippen molar-refractivity contribution in [3.8, 4) is 0 Å². The molecule has 0 radical (unpaired) electrons. The second-order valence-electron chi connectivity index (χ2n) is 3.66. The summed E-state index contributed by atoms with van der Waals surface area (Å²) in [6.07, 6.45) is 1.50. The van der Waals surface area contributed by atoms with Crippen molar-refractivity contribution in [1.82, 2.24) is 5.32 Å². The van der Waals surface area contributed by atoms with E-state index in [1.165, 1.54) is 5.56 Å². The van der Waals surface area contributed by atoms with Crippen molar-refractivity contribution in [3.63, 3.8) is 0 Å². The van der Waals surface area contributed by atoms with Gasteiger partial charge >= 0.3 is 0 Å². The van der Waals surface area contributed by atoms with Gasteiger partial charge in [0, 0.05) is 11.6 Å². The van der Waals surface area contributed by atoms with Crippen LogP contribution in [0.4, 0.5) is 0 Å². The molecule has 0 saturated carbocycles. The Morgan fingerprint density at radius 2 is 2.12 bits per heavy atom. The minimum atomic E-state index is -0.250. The lowest BCUT2D eigenvalue weighted by molar-refractivity contribution is -0.122. The first-order valence-corrected chi connectivity index (χ1v) is 5.78. The minimum Gasteiger partial charge on any atom is -0.483 e. The number of halogens is 1. The fourth-order valence-corrected chi connectivity index (χ4v) is 1.69. The summed E-state index contributed by atoms with van der Waals surface area (Å²) >= 11 is 5.79. The van der Waals surface area contributed by atoms with E-state index < -0.39 is 0 Å². The molecule has 1 unspecified atom stereocenters. The maximum Gasteiger partial charge on any atom is 0.290 e. The number of hydrogen-bond acceptors (Lipinski definition) is 3. The van der Waals surface area contributed by atoms with E-state index in [9.17, 15) is 0 Å². The van der Waals surface area contributed by atoms with Crippen LogP contribution < -0.4 is 5.32 Å². The van der Waals surface area contributed by atoms with Crippen molar-refractivity contribution in [2.45, 2.75) is 19.1 Å². The van der Waals surface area contributed by atoms with E-state index in [0.29, 0.717) is 12.7 Å². The maximum absolute atomic E-state index is 8.36. The lowest BCUT2D eigenvalue weighted by atomic mass is 10.2. The molecule has 1 heterocycles. The van der Waals surface area contributed by atoms with Gasteiger partial charge in [-0.05, 0) is 30.7 Å². The van der Waals surface area contributed by atoms with Gasteiger partial charge in [-0.3, -0.25) is 4.79 Å². The Balaban J connectivity index is 0.000000437. The van der Waals surface area contributed by atoms with Gasteiger partial charge in [-0.1, -0.05) is 23.7 Å². The third-order valence-corrected chi connectivity index (χ3v) is 2.67. The number of carbonyl (C=O) groups is 1. The van der Waals surface area contributed by atoms with Crippen LogP contribution in [0.3, 0.4) is 0 Å². The minimum absolute atomic E-state index is 0.250. The molecule has 1 saturated heterocycles. The van der Waals surface area contributed by atoms with Gasteiger partial charge in [0.15, 0.2) is 0 Å². The summed E-state index contributed by atoms with van der Waals surface area (Å²) in [4.78, 5) is 8.36. The van der Waals surface area contributed by atoms with Gasteiger partial charge in [-0.15, -0.1) is 0 Å². The molecule has 4 nitrogen and oxygen atoms in total. The zero-order valence-corrected chi connectivity index (χ0v) is 10.2. The molecule has 1 fully saturated rings. The molecule has 0 aliphatic carbocycles. The molecule has 2 N–H and O–H groups in total. The van der Waals surface area contributed by atoms with Gasteiger partial charge in [0.1, 0.15) is 0 Å². The quantitative estimate of drug-likeness (QED) is 0.813. The predicted octanol–water partition coefficient (Wildman–Crippen LogP) is 1.92. The zero-order valence-electron chi connectivity index (χ0n) is 9.43. The highest BCUT2D eigenvalue weighted by Crippen LogP contribution is 2.12. The molecular formula is C12H16ClNO3. The van der Waals surface area contributed by atoms with Gasteiger partial charge < -0.3 is 15.2 Å². The number of carboxylic acid groups (broad SMARTS) is 1. The number of rotatable bonds is 3. The van der Waals surface area contributed by atoms with Crippen LogP contribution in [0.25, 0.3) is 0 Å². The SMILES string of the molecule is Clc1ccc(COC2CCNC2)cc1.O=CO. The lowest BCUT2D eigenvalue weighted by Gasteiger charge is -2.10. The van der Waals surface area contributed by atoms with E-state index in [2.05, 4.69) is 5.32 Å². The van der Waals surface area contributed by atoms with Crippen LogP contribution in [0.1, 0.15) is 12.0 Å². The van der Waals surface area contributed by atoms with Crippen LogP contribution in [0.15, 0.2) is 24.3 Å². The standard InChI is InChI=1S/C11H14ClNO.CH2O2/c12-10-3-1-9(2-4-10)8-14-11-5-6-13-7-11;2-1-3/h1-4,11,13H,5-8H2;1H,(H,2,3). The van der Waals surface area contributed by atoms with Crippen molar-refractivity contribution in [2.24, 2.45) is 0 Å². The molecular weight excluding hydrogens is 242 g/mol. The van der Waals surface area contributed by atoms with Gasteiger partial charge in [0.25, 0.3) is 6.47 Å². The fourth-order valence-electron chi connectivity index (χ4n) is 1.57. The Morgan fingerprint density at radius 1 is 1.47 bits per heavy atom. The summed E-state index contributed by atoms with van der Waals surface area (Å²) in [6.45, 7) is 2.49. The summed E-state index contributed by atoms with van der Waals surface area (Å²) in [5.74, 6) is 0. The van der Waals surface area contributed by atoms with Crippen LogP contribution in [-0.4, -0.2) is 30.8 Å². The number of nitrogens with one attached hydrogen (secondary N) is 1. The Labute approximate surface area is 106 Å². The first kappa shape index (κ1) is 14.0. The Bertz CT molecular complexity index is 323. The van der Waals surface area contributed by atoms with Crippen molar-refractivity contribution in [3.05, 3.63) is 34.9 Å². The molecule has 17 heavy (non-hydrogen) atoms. The van der Waals surface area contributed by atoms with Crippen molar-refractivity contribution >= 4 is 18.1 Å². The summed E-state index contributed by atoms with van der Waals surface area (Å²) in [5, 5.41) is 10.9. The van der Waals surface area contributed by atoms with Crippen LogP contribution in [0.5, 0.6) is 0 Å². The second kappa shape index (κ2) is 8.06. The molecule has 1 aromatic rings. The molecule has 1 aliphatic heterocycles. The maximum atomic E-state index is 8.36. The van der Waals surface area contributed by atoms with Gasteiger partial charge in [-0.25, -0.2) is 0 Å². The normalized spacial score (nSPS) is 18.3. The number of hydrogen-bond donors (Lipinski definition) is 2. The fraction of sp³-hybridized carbons (Fsp3) is 0.417. The molecule has 5 heteroatoms. The van der Waals surface area contributed by atoms with Crippen LogP contribution in [0, 0.1) is 0 Å². The molecule has 0 bridgehead atoms. The van der Waals surface area contributed by atoms with E-state index in [1.807, 2.05) is 24.3 Å². The Hall–Kier alpha value is -1.10. The van der Waals surface area contributed by atoms with Crippen molar-refractivity contribution in [2.75, 3.05) is 13.1 Å². The highest BCUT2D eigenvalue weighted by Gasteiger charge is 2.14. The van der Waals surface area contributed by atoms with Gasteiger partial charge in [0.2, 0.25) is 0 Å². The predicted molar refractivity (Wildman–Crippen MR) is 66.2 cm³/mol. The highest BCUT2D eigenvalue weighted by molar-refractivity contribution is 6.30. The largest absolute Gasteiger partial charge is 0.483 e. The van der Waals surface area contributed by atoms with Crippen LogP contribution >= 0.6 is 11.6 Å². The Kier molecular flexibility index (Phi) is 6.62. The van der Waals surface area contributed by atoms with Gasteiger partial charge in [0.05, 0.1) is 12.7 Å². The van der Waals surface area contributed by atoms with E-state index >= 15 is 0 Å². The molecule has 0 spiro atoms. The van der Waals surface area contributed by atoms with Gasteiger partial charge in [-0.2, -0.15) is 0 Å². The summed E-state index contributed by atoms with van der Waals surface area (Å²) < 4.78 is 5.72. The second-order valence-corrected chi connectivity index (χ2v) is 4.09. The summed E-state index contributed by atoms with van der Waals surface area (Å²) in [7, 11) is 0. The average Bonchev–Trinajstić information content (AvgIpc) is 2.82. The summed E-state index contributed by atoms with van der Waals surface area (Å²) in [5.41, 5.74) is 1.18. The molecule has 2 rings (SSSR count). The topological polar surface area (TPSA) is 58.6 Å². The first-order valence-electron chi connectivity index (χ1n) is 5.41. The molecule has 0 aromatic heterocycles. The molecule has 0 amide bonds. The monoisotopic (exact) mass is 257 g/mol. The van der Waals surface area contributed by atoms with Crippen molar-refractivity contribution in [1.29, 1.82) is 0 Å². The lowest BCUT2D eigenvalue weighted by Crippen LogP contribution is -2.16. The highest BCUT2D eigenvalue weighted by atomic mass is 35.5. The zero-order chi connectivity index (χ0) is 12.5. The Morgan fingerprint density at radius 3 is 2.65 bits per heavy atom. The third-order valence-electron chi connectivity index (χ3n) is 2.41. The van der Waals surface area contributed by atoms with Crippen LogP contribution in [-0.2, 0) is 16.1 Å². The molecule has 94 valence electrons. The van der Waals surface area contributed by atoms with E-state index in [-0.39, 0.29) is 6.47 Å².